The normalized spacial score (nSPS) is 27.6. The Morgan fingerprint density at radius 1 is 1.35 bits per heavy atom. The van der Waals surface area contributed by atoms with E-state index in [4.69, 9.17) is 0 Å². The van der Waals surface area contributed by atoms with Gasteiger partial charge in [0.1, 0.15) is 6.10 Å². The average Bonchev–Trinajstić information content (AvgIpc) is 2.78. The topological polar surface area (TPSA) is 52.5 Å². The summed E-state index contributed by atoms with van der Waals surface area (Å²) < 4.78 is 0. The molecule has 17 heavy (non-hydrogen) atoms. The van der Waals surface area contributed by atoms with Crippen LogP contribution in [-0.2, 0) is 0 Å². The first-order valence-electron chi connectivity index (χ1n) is 6.40. The van der Waals surface area contributed by atoms with Gasteiger partial charge in [0.15, 0.2) is 0 Å². The number of aliphatic hydroxyl groups excluding tert-OH is 2. The molecule has 3 unspecified atom stereocenters. The molecule has 3 N–H and O–H groups in total. The van der Waals surface area contributed by atoms with Gasteiger partial charge in [-0.3, -0.25) is 0 Å². The van der Waals surface area contributed by atoms with E-state index in [0.29, 0.717) is 6.54 Å². The first-order chi connectivity index (χ1) is 8.27. The molecule has 0 aromatic carbocycles. The third kappa shape index (κ3) is 3.78. The minimum Gasteiger partial charge on any atom is -0.392 e. The first-order valence-corrected chi connectivity index (χ1v) is 7.28. The summed E-state index contributed by atoms with van der Waals surface area (Å²) in [5.74, 6) is 0. The monoisotopic (exact) mass is 255 g/mol. The van der Waals surface area contributed by atoms with Crippen molar-refractivity contribution in [1.82, 2.24) is 5.32 Å². The van der Waals surface area contributed by atoms with Crippen molar-refractivity contribution in [2.45, 2.75) is 50.4 Å². The fraction of sp³-hybridized carbons (Fsp3) is 0.692. The first kappa shape index (κ1) is 13.0. The van der Waals surface area contributed by atoms with E-state index in [2.05, 4.69) is 5.32 Å². The van der Waals surface area contributed by atoms with E-state index in [9.17, 15) is 10.2 Å². The smallest absolute Gasteiger partial charge is 0.101 e. The Morgan fingerprint density at radius 2 is 2.18 bits per heavy atom. The van der Waals surface area contributed by atoms with Crippen molar-refractivity contribution in [2.75, 3.05) is 6.54 Å². The molecule has 0 radical (unpaired) electrons. The van der Waals surface area contributed by atoms with Crippen molar-refractivity contribution >= 4 is 11.3 Å². The van der Waals surface area contributed by atoms with Crippen LogP contribution in [0.25, 0.3) is 0 Å². The highest BCUT2D eigenvalue weighted by atomic mass is 32.1. The van der Waals surface area contributed by atoms with Crippen LogP contribution in [0.2, 0.25) is 0 Å². The molecule has 4 heteroatoms. The van der Waals surface area contributed by atoms with Crippen molar-refractivity contribution in [1.29, 1.82) is 0 Å². The van der Waals surface area contributed by atoms with Gasteiger partial charge in [0.05, 0.1) is 6.10 Å². The molecule has 2 rings (SSSR count). The van der Waals surface area contributed by atoms with Crippen LogP contribution in [-0.4, -0.2) is 28.9 Å². The zero-order valence-corrected chi connectivity index (χ0v) is 10.8. The lowest BCUT2D eigenvalue weighted by molar-refractivity contribution is 0.105. The lowest BCUT2D eigenvalue weighted by Crippen LogP contribution is -2.41. The van der Waals surface area contributed by atoms with E-state index in [1.807, 2.05) is 17.5 Å². The quantitative estimate of drug-likeness (QED) is 0.722. The minimum absolute atomic E-state index is 0.145. The molecule has 1 aliphatic rings. The summed E-state index contributed by atoms with van der Waals surface area (Å²) in [5.41, 5.74) is 0. The zero-order chi connectivity index (χ0) is 12.1. The molecule has 0 amide bonds. The highest BCUT2D eigenvalue weighted by molar-refractivity contribution is 7.10. The number of nitrogens with one attached hydrogen (secondary N) is 1. The molecule has 1 heterocycles. The van der Waals surface area contributed by atoms with Crippen LogP contribution >= 0.6 is 11.3 Å². The molecule has 1 aromatic rings. The summed E-state index contributed by atoms with van der Waals surface area (Å²) >= 11 is 1.57. The largest absolute Gasteiger partial charge is 0.392 e. The summed E-state index contributed by atoms with van der Waals surface area (Å²) in [6.07, 6.45) is 4.68. The third-order valence-corrected chi connectivity index (χ3v) is 4.40. The maximum atomic E-state index is 9.96. The molecule has 96 valence electrons. The molecule has 0 aliphatic heterocycles. The van der Waals surface area contributed by atoms with Gasteiger partial charge in [-0.05, 0) is 24.3 Å². The highest BCUT2D eigenvalue weighted by Crippen LogP contribution is 2.21. The van der Waals surface area contributed by atoms with Crippen molar-refractivity contribution in [3.8, 4) is 0 Å². The molecular formula is C13H21NO2S. The van der Waals surface area contributed by atoms with Crippen LogP contribution in [0.15, 0.2) is 17.5 Å². The molecule has 3 nitrogen and oxygen atoms in total. The van der Waals surface area contributed by atoms with Crippen LogP contribution in [0, 0.1) is 0 Å². The number of hydrogen-bond donors (Lipinski definition) is 3. The Morgan fingerprint density at radius 3 is 2.94 bits per heavy atom. The summed E-state index contributed by atoms with van der Waals surface area (Å²) in [7, 11) is 0. The van der Waals surface area contributed by atoms with Gasteiger partial charge >= 0.3 is 0 Å². The van der Waals surface area contributed by atoms with Gasteiger partial charge in [-0.25, -0.2) is 0 Å². The van der Waals surface area contributed by atoms with Crippen molar-refractivity contribution in [2.24, 2.45) is 0 Å². The molecule has 0 bridgehead atoms. The van der Waals surface area contributed by atoms with Crippen molar-refractivity contribution in [3.05, 3.63) is 22.4 Å². The van der Waals surface area contributed by atoms with E-state index in [1.54, 1.807) is 11.3 Å². The predicted octanol–water partition coefficient (Wildman–Crippen LogP) is 2.06. The van der Waals surface area contributed by atoms with Gasteiger partial charge in [-0.1, -0.05) is 25.3 Å². The standard InChI is InChI=1S/C13H21NO2S/c15-11-6-3-1-2-5-10(11)14-9-12(16)13-7-4-8-17-13/h4,7-8,10-12,14-16H,1-3,5-6,9H2. The van der Waals surface area contributed by atoms with Gasteiger partial charge in [0.2, 0.25) is 0 Å². The van der Waals surface area contributed by atoms with E-state index in [-0.39, 0.29) is 12.1 Å². The van der Waals surface area contributed by atoms with Crippen LogP contribution in [0.3, 0.4) is 0 Å². The van der Waals surface area contributed by atoms with E-state index >= 15 is 0 Å². The van der Waals surface area contributed by atoms with Crippen molar-refractivity contribution < 1.29 is 10.2 Å². The zero-order valence-electron chi connectivity index (χ0n) is 10.0. The van der Waals surface area contributed by atoms with Crippen LogP contribution in [0.1, 0.15) is 43.1 Å². The molecule has 1 aromatic heterocycles. The van der Waals surface area contributed by atoms with Crippen molar-refractivity contribution in [3.63, 3.8) is 0 Å². The Hall–Kier alpha value is -0.420. The van der Waals surface area contributed by atoms with Crippen LogP contribution < -0.4 is 5.32 Å². The predicted molar refractivity (Wildman–Crippen MR) is 70.2 cm³/mol. The summed E-state index contributed by atoms with van der Waals surface area (Å²) in [6.45, 7) is 0.530. The minimum atomic E-state index is -0.453. The molecule has 1 fully saturated rings. The Labute approximate surface area is 106 Å². The van der Waals surface area contributed by atoms with E-state index in [0.717, 1.165) is 24.1 Å². The molecule has 3 atom stereocenters. The Bertz CT molecular complexity index is 315. The fourth-order valence-corrected chi connectivity index (χ4v) is 3.08. The lowest BCUT2D eigenvalue weighted by atomic mass is 10.1. The molecule has 1 saturated carbocycles. The maximum Gasteiger partial charge on any atom is 0.101 e. The molecular weight excluding hydrogens is 234 g/mol. The summed E-state index contributed by atoms with van der Waals surface area (Å²) in [5, 5.41) is 25.2. The second-order valence-electron chi connectivity index (χ2n) is 4.75. The van der Waals surface area contributed by atoms with Gasteiger partial charge in [-0.2, -0.15) is 0 Å². The van der Waals surface area contributed by atoms with E-state index in [1.165, 1.54) is 12.8 Å². The number of thiophene rings is 1. The maximum absolute atomic E-state index is 9.96. The molecule has 0 saturated heterocycles. The molecule has 1 aliphatic carbocycles. The Balaban J connectivity index is 1.80. The SMILES string of the molecule is OC(CNC1CCCCCC1O)c1cccs1. The Kier molecular flexibility index (Phi) is 4.98. The summed E-state index contributed by atoms with van der Waals surface area (Å²) in [4.78, 5) is 0.987. The van der Waals surface area contributed by atoms with Gasteiger partial charge in [0, 0.05) is 17.5 Å². The lowest BCUT2D eigenvalue weighted by Gasteiger charge is -2.23. The van der Waals surface area contributed by atoms with Gasteiger partial charge in [0.25, 0.3) is 0 Å². The van der Waals surface area contributed by atoms with Crippen LogP contribution in [0.5, 0.6) is 0 Å². The number of aliphatic hydroxyl groups is 2. The second kappa shape index (κ2) is 6.50. The average molecular weight is 255 g/mol. The number of rotatable bonds is 4. The van der Waals surface area contributed by atoms with E-state index < -0.39 is 6.10 Å². The molecule has 0 spiro atoms. The highest BCUT2D eigenvalue weighted by Gasteiger charge is 2.22. The van der Waals surface area contributed by atoms with Gasteiger partial charge < -0.3 is 15.5 Å². The number of hydrogen-bond acceptors (Lipinski definition) is 4. The fourth-order valence-electron chi connectivity index (χ4n) is 2.37. The summed E-state index contributed by atoms with van der Waals surface area (Å²) in [6, 6.07) is 4.04. The third-order valence-electron chi connectivity index (χ3n) is 3.42. The second-order valence-corrected chi connectivity index (χ2v) is 5.73. The van der Waals surface area contributed by atoms with Gasteiger partial charge in [-0.15, -0.1) is 11.3 Å². The van der Waals surface area contributed by atoms with Crippen LogP contribution in [0.4, 0.5) is 0 Å².